The maximum atomic E-state index is 13.2. The molecule has 0 fully saturated rings. The number of hydrogen-bond donors (Lipinski definition) is 1. The van der Waals surface area contributed by atoms with E-state index >= 15 is 0 Å². The lowest BCUT2D eigenvalue weighted by molar-refractivity contribution is -0.137. The average Bonchev–Trinajstić information content (AvgIpc) is 2.97. The molecule has 0 aromatic heterocycles. The van der Waals surface area contributed by atoms with Crippen molar-refractivity contribution in [1.29, 1.82) is 0 Å². The second-order valence-electron chi connectivity index (χ2n) is 7.61. The summed E-state index contributed by atoms with van der Waals surface area (Å²) in [5.41, 5.74) is 3.17. The van der Waals surface area contributed by atoms with Gasteiger partial charge in [-0.05, 0) is 47.7 Å². The molecule has 0 saturated carbocycles. The van der Waals surface area contributed by atoms with Crippen LogP contribution < -0.4 is 14.8 Å². The van der Waals surface area contributed by atoms with E-state index < -0.39 is 0 Å². The lowest BCUT2D eigenvalue weighted by Gasteiger charge is -2.17. The average molecular weight is 408 g/mol. The molecule has 1 aliphatic heterocycles. The molecule has 0 radical (unpaired) electrons. The third-order valence-electron chi connectivity index (χ3n) is 5.02. The maximum absolute atomic E-state index is 13.2. The molecule has 1 N–H and O–H groups in total. The highest BCUT2D eigenvalue weighted by Crippen LogP contribution is 2.36. The summed E-state index contributed by atoms with van der Waals surface area (Å²) in [6, 6.07) is 13.1. The van der Waals surface area contributed by atoms with E-state index in [-0.39, 0.29) is 23.4 Å². The van der Waals surface area contributed by atoms with Crippen LogP contribution in [0.25, 0.3) is 5.57 Å². The predicted octanol–water partition coefficient (Wildman–Crippen LogP) is 4.11. The number of aryl methyl sites for hydroxylation is 1. The molecule has 158 valence electrons. The zero-order valence-corrected chi connectivity index (χ0v) is 18.1. The van der Waals surface area contributed by atoms with Crippen molar-refractivity contribution >= 4 is 23.1 Å². The van der Waals surface area contributed by atoms with Gasteiger partial charge in [0.1, 0.15) is 5.70 Å². The molecular weight excluding hydrogens is 380 g/mol. The summed E-state index contributed by atoms with van der Waals surface area (Å²) in [4.78, 5) is 27.7. The first-order chi connectivity index (χ1) is 14.4. The number of nitrogens with one attached hydrogen (secondary N) is 1. The number of nitrogens with zero attached hydrogens (tertiary/aromatic N) is 1. The largest absolute Gasteiger partial charge is 0.493 e. The fraction of sp³-hybridized carbons (Fsp3) is 0.333. The summed E-state index contributed by atoms with van der Waals surface area (Å²) < 4.78 is 10.7. The molecule has 3 rings (SSSR count). The number of anilines is 1. The highest BCUT2D eigenvalue weighted by molar-refractivity contribution is 6.36. The van der Waals surface area contributed by atoms with E-state index in [1.807, 2.05) is 38.1 Å². The molecule has 30 heavy (non-hydrogen) atoms. The smallest absolute Gasteiger partial charge is 0.278 e. The molecule has 0 spiro atoms. The topological polar surface area (TPSA) is 67.9 Å². The monoisotopic (exact) mass is 408 g/mol. The van der Waals surface area contributed by atoms with Crippen LogP contribution in [-0.2, 0) is 16.0 Å². The van der Waals surface area contributed by atoms with Crippen molar-refractivity contribution in [3.8, 4) is 11.5 Å². The van der Waals surface area contributed by atoms with E-state index in [1.54, 1.807) is 25.3 Å². The second-order valence-corrected chi connectivity index (χ2v) is 7.61. The number of imide groups is 1. The first-order valence-electron chi connectivity index (χ1n) is 10.1. The van der Waals surface area contributed by atoms with Crippen LogP contribution in [0.2, 0.25) is 0 Å². The Bertz CT molecular complexity index is 977. The Morgan fingerprint density at radius 3 is 2.17 bits per heavy atom. The third kappa shape index (κ3) is 4.17. The van der Waals surface area contributed by atoms with Crippen molar-refractivity contribution in [3.63, 3.8) is 0 Å². The van der Waals surface area contributed by atoms with Gasteiger partial charge in [-0.2, -0.15) is 0 Å². The Morgan fingerprint density at radius 1 is 0.933 bits per heavy atom. The van der Waals surface area contributed by atoms with Gasteiger partial charge in [-0.25, -0.2) is 0 Å². The molecule has 6 heteroatoms. The number of rotatable bonds is 8. The van der Waals surface area contributed by atoms with E-state index in [1.165, 1.54) is 17.6 Å². The number of amides is 2. The standard InChI is InChI=1S/C24H28N2O4/c1-6-16-7-10-18(11-8-16)25-22-21(23(27)26(24(22)28)14-15(2)3)17-9-12-19(29-4)20(13-17)30-5/h7-13,15,25H,6,14H2,1-5H3. The van der Waals surface area contributed by atoms with Crippen LogP contribution in [0, 0.1) is 5.92 Å². The summed E-state index contributed by atoms with van der Waals surface area (Å²) in [6.45, 7) is 6.40. The Kier molecular flexibility index (Phi) is 6.45. The van der Waals surface area contributed by atoms with Gasteiger partial charge in [0, 0.05) is 12.2 Å². The molecule has 2 aromatic carbocycles. The normalized spacial score (nSPS) is 14.0. The summed E-state index contributed by atoms with van der Waals surface area (Å²) in [5, 5.41) is 3.19. The third-order valence-corrected chi connectivity index (χ3v) is 5.02. The molecular formula is C24H28N2O4. The molecule has 0 atom stereocenters. The zero-order valence-electron chi connectivity index (χ0n) is 18.1. The summed E-state index contributed by atoms with van der Waals surface area (Å²) >= 11 is 0. The molecule has 0 unspecified atom stereocenters. The van der Waals surface area contributed by atoms with E-state index in [4.69, 9.17) is 9.47 Å². The molecule has 2 amide bonds. The highest BCUT2D eigenvalue weighted by atomic mass is 16.5. The van der Waals surface area contributed by atoms with Crippen molar-refractivity contribution in [3.05, 3.63) is 59.3 Å². The molecule has 0 bridgehead atoms. The number of benzene rings is 2. The Balaban J connectivity index is 2.08. The predicted molar refractivity (Wildman–Crippen MR) is 117 cm³/mol. The Labute approximate surface area is 177 Å². The van der Waals surface area contributed by atoms with Crippen LogP contribution in [0.5, 0.6) is 11.5 Å². The van der Waals surface area contributed by atoms with Crippen molar-refractivity contribution < 1.29 is 19.1 Å². The molecule has 6 nitrogen and oxygen atoms in total. The molecule has 1 aliphatic rings. The van der Waals surface area contributed by atoms with Gasteiger partial charge < -0.3 is 14.8 Å². The van der Waals surface area contributed by atoms with Crippen LogP contribution in [0.1, 0.15) is 31.9 Å². The number of ether oxygens (including phenoxy) is 2. The molecule has 0 saturated heterocycles. The van der Waals surface area contributed by atoms with E-state index in [2.05, 4.69) is 12.2 Å². The lowest BCUT2D eigenvalue weighted by atomic mass is 10.0. The first-order valence-corrected chi connectivity index (χ1v) is 10.1. The summed E-state index contributed by atoms with van der Waals surface area (Å²) in [6.07, 6.45) is 0.930. The fourth-order valence-electron chi connectivity index (χ4n) is 3.45. The maximum Gasteiger partial charge on any atom is 0.278 e. The van der Waals surface area contributed by atoms with Crippen molar-refractivity contribution in [2.24, 2.45) is 5.92 Å². The Morgan fingerprint density at radius 2 is 1.60 bits per heavy atom. The van der Waals surface area contributed by atoms with Crippen LogP contribution in [0.3, 0.4) is 0 Å². The number of hydrogen-bond acceptors (Lipinski definition) is 5. The SMILES string of the molecule is CCc1ccc(NC2=C(c3ccc(OC)c(OC)c3)C(=O)N(CC(C)C)C2=O)cc1. The van der Waals surface area contributed by atoms with Gasteiger partial charge in [0.25, 0.3) is 11.8 Å². The number of carbonyl (C=O) groups is 2. The number of methoxy groups -OCH3 is 2. The van der Waals surface area contributed by atoms with E-state index in [0.29, 0.717) is 29.2 Å². The quantitative estimate of drug-likeness (QED) is 0.666. The van der Waals surface area contributed by atoms with Gasteiger partial charge in [0.2, 0.25) is 0 Å². The van der Waals surface area contributed by atoms with Gasteiger partial charge in [-0.1, -0.05) is 39.0 Å². The zero-order chi connectivity index (χ0) is 21.8. The first kappa shape index (κ1) is 21.4. The van der Waals surface area contributed by atoms with Crippen molar-refractivity contribution in [1.82, 2.24) is 4.90 Å². The molecule has 0 aliphatic carbocycles. The van der Waals surface area contributed by atoms with Crippen LogP contribution in [0.15, 0.2) is 48.2 Å². The lowest BCUT2D eigenvalue weighted by Crippen LogP contribution is -2.35. The Hall–Kier alpha value is -3.28. The van der Waals surface area contributed by atoms with Gasteiger partial charge in [0.05, 0.1) is 19.8 Å². The minimum absolute atomic E-state index is 0.160. The van der Waals surface area contributed by atoms with Gasteiger partial charge in [-0.3, -0.25) is 14.5 Å². The highest BCUT2D eigenvalue weighted by Gasteiger charge is 2.39. The minimum Gasteiger partial charge on any atom is -0.493 e. The number of carbonyl (C=O) groups excluding carboxylic acids is 2. The van der Waals surface area contributed by atoms with Gasteiger partial charge in [-0.15, -0.1) is 0 Å². The molecule has 1 heterocycles. The van der Waals surface area contributed by atoms with E-state index in [0.717, 1.165) is 12.1 Å². The van der Waals surface area contributed by atoms with Crippen LogP contribution >= 0.6 is 0 Å². The van der Waals surface area contributed by atoms with E-state index in [9.17, 15) is 9.59 Å². The van der Waals surface area contributed by atoms with Gasteiger partial charge >= 0.3 is 0 Å². The minimum atomic E-state index is -0.321. The van der Waals surface area contributed by atoms with Crippen molar-refractivity contribution in [2.45, 2.75) is 27.2 Å². The second kappa shape index (κ2) is 9.03. The molecule has 2 aromatic rings. The summed E-state index contributed by atoms with van der Waals surface area (Å²) in [5.74, 6) is 0.582. The fourth-order valence-corrected chi connectivity index (χ4v) is 3.45. The van der Waals surface area contributed by atoms with Crippen LogP contribution in [-0.4, -0.2) is 37.5 Å². The van der Waals surface area contributed by atoms with Gasteiger partial charge in [0.15, 0.2) is 11.5 Å². The summed E-state index contributed by atoms with van der Waals surface area (Å²) in [7, 11) is 3.09. The van der Waals surface area contributed by atoms with Crippen molar-refractivity contribution in [2.75, 3.05) is 26.1 Å². The van der Waals surface area contributed by atoms with Crippen LogP contribution in [0.4, 0.5) is 5.69 Å².